The lowest BCUT2D eigenvalue weighted by molar-refractivity contribution is -0.126. The molecule has 2 aromatic rings. The standard InChI is InChI=1S/C19H18F2N2O3/c20-14-5-1-3-7-16(14)23-12-13(11-18(23)24)19(25)22-9-10-26-17-8-4-2-6-15(17)21/h1-8,13H,9-12H2,(H,22,25). The number of para-hydroxylation sites is 2. The number of carbonyl (C=O) groups is 2. The van der Waals surface area contributed by atoms with Gasteiger partial charge in [0.25, 0.3) is 0 Å². The number of nitrogens with zero attached hydrogens (tertiary/aromatic N) is 1. The maximum atomic E-state index is 13.8. The summed E-state index contributed by atoms with van der Waals surface area (Å²) in [5.41, 5.74) is 0.177. The van der Waals surface area contributed by atoms with E-state index in [1.165, 1.54) is 29.2 Å². The van der Waals surface area contributed by atoms with Crippen LogP contribution in [0.5, 0.6) is 5.75 Å². The third-order valence-electron chi connectivity index (χ3n) is 4.13. The Bertz CT molecular complexity index is 813. The smallest absolute Gasteiger partial charge is 0.227 e. The molecule has 0 saturated carbocycles. The van der Waals surface area contributed by atoms with Gasteiger partial charge in [0, 0.05) is 13.0 Å². The molecule has 1 heterocycles. The van der Waals surface area contributed by atoms with Gasteiger partial charge in [0.2, 0.25) is 11.8 Å². The molecule has 2 aromatic carbocycles. The minimum atomic E-state index is -0.560. The van der Waals surface area contributed by atoms with E-state index in [-0.39, 0.29) is 49.4 Å². The number of halogens is 2. The van der Waals surface area contributed by atoms with E-state index in [0.29, 0.717) is 0 Å². The molecule has 136 valence electrons. The highest BCUT2D eigenvalue weighted by molar-refractivity contribution is 6.00. The Morgan fingerprint density at radius 2 is 1.81 bits per heavy atom. The van der Waals surface area contributed by atoms with Crippen molar-refractivity contribution in [2.24, 2.45) is 5.92 Å². The lowest BCUT2D eigenvalue weighted by Crippen LogP contribution is -2.35. The van der Waals surface area contributed by atoms with Crippen LogP contribution in [0.4, 0.5) is 14.5 Å². The average Bonchev–Trinajstić information content (AvgIpc) is 3.02. The second kappa shape index (κ2) is 7.95. The van der Waals surface area contributed by atoms with E-state index in [9.17, 15) is 18.4 Å². The highest BCUT2D eigenvalue weighted by Gasteiger charge is 2.35. The Balaban J connectivity index is 1.49. The lowest BCUT2D eigenvalue weighted by atomic mass is 10.1. The molecule has 1 fully saturated rings. The molecular weight excluding hydrogens is 342 g/mol. The van der Waals surface area contributed by atoms with Gasteiger partial charge in [0.05, 0.1) is 18.2 Å². The van der Waals surface area contributed by atoms with Gasteiger partial charge in [-0.1, -0.05) is 24.3 Å². The fourth-order valence-corrected chi connectivity index (χ4v) is 2.83. The second-order valence-electron chi connectivity index (χ2n) is 5.93. The number of rotatable bonds is 6. The van der Waals surface area contributed by atoms with Crippen molar-refractivity contribution in [2.45, 2.75) is 6.42 Å². The molecule has 0 bridgehead atoms. The van der Waals surface area contributed by atoms with Gasteiger partial charge in [-0.3, -0.25) is 9.59 Å². The lowest BCUT2D eigenvalue weighted by Gasteiger charge is -2.17. The predicted molar refractivity (Wildman–Crippen MR) is 91.8 cm³/mol. The van der Waals surface area contributed by atoms with Crippen LogP contribution in [0.2, 0.25) is 0 Å². The Morgan fingerprint density at radius 3 is 2.54 bits per heavy atom. The Labute approximate surface area is 149 Å². The van der Waals surface area contributed by atoms with Crippen LogP contribution in [-0.2, 0) is 9.59 Å². The van der Waals surface area contributed by atoms with E-state index >= 15 is 0 Å². The summed E-state index contributed by atoms with van der Waals surface area (Å²) in [6.45, 7) is 0.404. The topological polar surface area (TPSA) is 58.6 Å². The summed E-state index contributed by atoms with van der Waals surface area (Å²) < 4.78 is 32.5. The molecule has 1 unspecified atom stereocenters. The SMILES string of the molecule is O=C(NCCOc1ccccc1F)C1CC(=O)N(c2ccccc2F)C1. The summed E-state index contributed by atoms with van der Waals surface area (Å²) >= 11 is 0. The summed E-state index contributed by atoms with van der Waals surface area (Å²) in [5, 5.41) is 2.66. The van der Waals surface area contributed by atoms with E-state index in [1.54, 1.807) is 24.3 Å². The molecular formula is C19H18F2N2O3. The number of hydrogen-bond acceptors (Lipinski definition) is 3. The summed E-state index contributed by atoms with van der Waals surface area (Å²) in [7, 11) is 0. The van der Waals surface area contributed by atoms with Crippen LogP contribution >= 0.6 is 0 Å². The highest BCUT2D eigenvalue weighted by atomic mass is 19.1. The van der Waals surface area contributed by atoms with Gasteiger partial charge in [-0.2, -0.15) is 0 Å². The van der Waals surface area contributed by atoms with Gasteiger partial charge in [-0.25, -0.2) is 8.78 Å². The Kier molecular flexibility index (Phi) is 5.46. The van der Waals surface area contributed by atoms with Gasteiger partial charge >= 0.3 is 0 Å². The van der Waals surface area contributed by atoms with Crippen molar-refractivity contribution in [3.05, 3.63) is 60.2 Å². The van der Waals surface area contributed by atoms with Crippen molar-refractivity contribution >= 4 is 17.5 Å². The quantitative estimate of drug-likeness (QED) is 0.806. The molecule has 1 saturated heterocycles. The van der Waals surface area contributed by atoms with Gasteiger partial charge in [-0.15, -0.1) is 0 Å². The van der Waals surface area contributed by atoms with Crippen molar-refractivity contribution < 1.29 is 23.1 Å². The van der Waals surface area contributed by atoms with Gasteiger partial charge in [0.1, 0.15) is 12.4 Å². The first-order valence-electron chi connectivity index (χ1n) is 8.26. The molecule has 1 N–H and O–H groups in total. The van der Waals surface area contributed by atoms with Crippen LogP contribution in [0.1, 0.15) is 6.42 Å². The fraction of sp³-hybridized carbons (Fsp3) is 0.263. The van der Waals surface area contributed by atoms with Crippen LogP contribution in [-0.4, -0.2) is 31.5 Å². The maximum Gasteiger partial charge on any atom is 0.227 e. The van der Waals surface area contributed by atoms with Crippen LogP contribution in [0.15, 0.2) is 48.5 Å². The van der Waals surface area contributed by atoms with Crippen LogP contribution in [0.3, 0.4) is 0 Å². The van der Waals surface area contributed by atoms with E-state index in [4.69, 9.17) is 4.74 Å². The van der Waals surface area contributed by atoms with Crippen molar-refractivity contribution in [1.82, 2.24) is 5.32 Å². The zero-order valence-corrected chi connectivity index (χ0v) is 14.0. The molecule has 2 amide bonds. The number of amides is 2. The van der Waals surface area contributed by atoms with E-state index in [2.05, 4.69) is 5.32 Å². The molecule has 7 heteroatoms. The van der Waals surface area contributed by atoms with Gasteiger partial charge in [0.15, 0.2) is 11.6 Å². The number of ether oxygens (including phenoxy) is 1. The molecule has 0 spiro atoms. The largest absolute Gasteiger partial charge is 0.489 e. The highest BCUT2D eigenvalue weighted by Crippen LogP contribution is 2.27. The molecule has 5 nitrogen and oxygen atoms in total. The molecule has 0 aromatic heterocycles. The van der Waals surface area contributed by atoms with Crippen LogP contribution < -0.4 is 15.0 Å². The van der Waals surface area contributed by atoms with Crippen LogP contribution in [0, 0.1) is 17.6 Å². The number of hydrogen-bond donors (Lipinski definition) is 1. The van der Waals surface area contributed by atoms with Gasteiger partial charge < -0.3 is 15.0 Å². The maximum absolute atomic E-state index is 13.8. The number of nitrogens with one attached hydrogen (secondary N) is 1. The molecule has 1 aliphatic rings. The summed E-state index contributed by atoms with van der Waals surface area (Å²) in [6, 6.07) is 12.0. The first-order chi connectivity index (χ1) is 12.6. The number of benzene rings is 2. The van der Waals surface area contributed by atoms with E-state index in [0.717, 1.165) is 0 Å². The van der Waals surface area contributed by atoms with E-state index < -0.39 is 17.6 Å². The van der Waals surface area contributed by atoms with Crippen molar-refractivity contribution in [2.75, 3.05) is 24.6 Å². The zero-order valence-electron chi connectivity index (χ0n) is 14.0. The summed E-state index contributed by atoms with van der Waals surface area (Å²) in [4.78, 5) is 25.6. The summed E-state index contributed by atoms with van der Waals surface area (Å²) in [6.07, 6.45) is 0.0222. The monoisotopic (exact) mass is 360 g/mol. The minimum absolute atomic E-state index is 0.0222. The molecule has 26 heavy (non-hydrogen) atoms. The zero-order chi connectivity index (χ0) is 18.5. The summed E-state index contributed by atoms with van der Waals surface area (Å²) in [5.74, 6) is -2.02. The van der Waals surface area contributed by atoms with Gasteiger partial charge in [-0.05, 0) is 24.3 Å². The second-order valence-corrected chi connectivity index (χ2v) is 5.93. The normalized spacial score (nSPS) is 16.6. The van der Waals surface area contributed by atoms with Crippen molar-refractivity contribution in [3.8, 4) is 5.75 Å². The first-order valence-corrected chi connectivity index (χ1v) is 8.26. The molecule has 1 aliphatic heterocycles. The van der Waals surface area contributed by atoms with Crippen molar-refractivity contribution in [1.29, 1.82) is 0 Å². The minimum Gasteiger partial charge on any atom is -0.489 e. The molecule has 0 radical (unpaired) electrons. The fourth-order valence-electron chi connectivity index (χ4n) is 2.83. The van der Waals surface area contributed by atoms with Crippen molar-refractivity contribution in [3.63, 3.8) is 0 Å². The van der Waals surface area contributed by atoms with Crippen LogP contribution in [0.25, 0.3) is 0 Å². The first kappa shape index (κ1) is 17.8. The Hall–Kier alpha value is -2.96. The van der Waals surface area contributed by atoms with E-state index in [1.807, 2.05) is 0 Å². The third-order valence-corrected chi connectivity index (χ3v) is 4.13. The number of carbonyl (C=O) groups excluding carboxylic acids is 2. The predicted octanol–water partition coefficient (Wildman–Crippen LogP) is 2.51. The molecule has 1 atom stereocenters. The molecule has 0 aliphatic carbocycles. The molecule has 3 rings (SSSR count). The Morgan fingerprint density at radius 1 is 1.12 bits per heavy atom. The number of anilines is 1. The average molecular weight is 360 g/mol. The third kappa shape index (κ3) is 3.99.